The minimum Gasteiger partial charge on any atom is -0.273 e. The molecule has 5 fully saturated rings. The molecule has 2 aromatic rings. The number of rotatable bonds is 4. The van der Waals surface area contributed by atoms with Crippen LogP contribution in [0.5, 0.6) is 0 Å². The normalized spacial score (nSPS) is 31.3. The Morgan fingerprint density at radius 3 is 2.09 bits per heavy atom. The molecule has 4 aliphatic carbocycles. The number of carbonyl (C=O) groups excluding carboxylic acids is 3. The Balaban J connectivity index is 1.27. The van der Waals surface area contributed by atoms with E-state index in [2.05, 4.69) is 17.4 Å². The highest BCUT2D eigenvalue weighted by atomic mass is 16.2. The van der Waals surface area contributed by atoms with Crippen molar-refractivity contribution in [3.8, 4) is 0 Å². The summed E-state index contributed by atoms with van der Waals surface area (Å²) in [7, 11) is 0. The Morgan fingerprint density at radius 1 is 0.886 bits per heavy atom. The molecule has 1 saturated heterocycles. The number of hydrogen-bond acceptors (Lipinski definition) is 3. The maximum Gasteiger partial charge on any atom is 0.335 e. The Hall–Kier alpha value is -3.47. The van der Waals surface area contributed by atoms with Crippen LogP contribution < -0.4 is 10.2 Å². The Bertz CT molecular complexity index is 1220. The first-order valence-electron chi connectivity index (χ1n) is 12.7. The van der Waals surface area contributed by atoms with Crippen LogP contribution in [0.2, 0.25) is 0 Å². The van der Waals surface area contributed by atoms with Crippen LogP contribution in [0.25, 0.3) is 6.08 Å². The van der Waals surface area contributed by atoms with Crippen molar-refractivity contribution in [2.75, 3.05) is 4.90 Å². The summed E-state index contributed by atoms with van der Waals surface area (Å²) < 4.78 is 0. The number of carbonyl (C=O) groups is 3. The van der Waals surface area contributed by atoms with E-state index < -0.39 is 17.8 Å². The number of imide groups is 2. The molecule has 5 heteroatoms. The first-order chi connectivity index (χ1) is 16.9. The van der Waals surface area contributed by atoms with E-state index in [4.69, 9.17) is 0 Å². The summed E-state index contributed by atoms with van der Waals surface area (Å²) >= 11 is 0. The lowest BCUT2D eigenvalue weighted by atomic mass is 9.48. The lowest BCUT2D eigenvalue weighted by Gasteiger charge is -2.57. The van der Waals surface area contributed by atoms with Crippen molar-refractivity contribution in [2.45, 2.75) is 50.9 Å². The van der Waals surface area contributed by atoms with Crippen molar-refractivity contribution in [1.29, 1.82) is 0 Å². The monoisotopic (exact) mass is 466 g/mol. The van der Waals surface area contributed by atoms with Crippen molar-refractivity contribution < 1.29 is 14.4 Å². The zero-order valence-corrected chi connectivity index (χ0v) is 20.0. The largest absolute Gasteiger partial charge is 0.335 e. The van der Waals surface area contributed by atoms with Gasteiger partial charge in [-0.05, 0) is 104 Å². The molecule has 1 heterocycles. The number of nitrogens with zero attached hydrogens (tertiary/aromatic N) is 1. The lowest BCUT2D eigenvalue weighted by Crippen LogP contribution is -2.54. The number of hydrogen-bond donors (Lipinski definition) is 1. The molecule has 178 valence electrons. The topological polar surface area (TPSA) is 66.5 Å². The summed E-state index contributed by atoms with van der Waals surface area (Å²) in [5.74, 6) is 1.29. The summed E-state index contributed by atoms with van der Waals surface area (Å²) in [5.41, 5.74) is 3.75. The molecule has 4 bridgehead atoms. The van der Waals surface area contributed by atoms with E-state index in [0.717, 1.165) is 33.8 Å². The van der Waals surface area contributed by atoms with Crippen molar-refractivity contribution in [2.24, 2.45) is 17.8 Å². The van der Waals surface area contributed by atoms with E-state index in [-0.39, 0.29) is 11.0 Å². The number of allylic oxidation sites excluding steroid dienone is 2. The molecular weight excluding hydrogens is 436 g/mol. The Kier molecular flexibility index (Phi) is 5.24. The van der Waals surface area contributed by atoms with Gasteiger partial charge in [0.05, 0.1) is 5.69 Å². The van der Waals surface area contributed by atoms with Crippen LogP contribution in [0.1, 0.15) is 56.6 Å². The molecule has 4 amide bonds. The molecule has 0 spiro atoms. The van der Waals surface area contributed by atoms with Crippen molar-refractivity contribution in [1.82, 2.24) is 5.32 Å². The third-order valence-electron chi connectivity index (χ3n) is 8.44. The molecule has 0 radical (unpaired) electrons. The second kappa shape index (κ2) is 8.33. The predicted molar refractivity (Wildman–Crippen MR) is 135 cm³/mol. The van der Waals surface area contributed by atoms with Gasteiger partial charge in [0.15, 0.2) is 0 Å². The fraction of sp³-hybridized carbons (Fsp3) is 0.367. The van der Waals surface area contributed by atoms with Crippen molar-refractivity contribution >= 4 is 29.6 Å². The van der Waals surface area contributed by atoms with Crippen LogP contribution in [-0.4, -0.2) is 17.8 Å². The van der Waals surface area contributed by atoms with Crippen LogP contribution >= 0.6 is 0 Å². The fourth-order valence-corrected chi connectivity index (χ4v) is 7.40. The van der Waals surface area contributed by atoms with E-state index in [1.807, 2.05) is 55.5 Å². The van der Waals surface area contributed by atoms with E-state index in [1.165, 1.54) is 44.1 Å². The summed E-state index contributed by atoms with van der Waals surface area (Å²) in [6.45, 7) is 1.83. The van der Waals surface area contributed by atoms with Gasteiger partial charge < -0.3 is 0 Å². The van der Waals surface area contributed by atoms with E-state index in [1.54, 1.807) is 6.08 Å². The number of benzene rings is 2. The zero-order valence-electron chi connectivity index (χ0n) is 20.0. The van der Waals surface area contributed by atoms with E-state index in [0.29, 0.717) is 5.69 Å². The van der Waals surface area contributed by atoms with Crippen molar-refractivity contribution in [3.05, 3.63) is 82.9 Å². The molecule has 4 saturated carbocycles. The molecule has 0 aromatic heterocycles. The molecule has 1 N–H and O–H groups in total. The van der Waals surface area contributed by atoms with E-state index in [9.17, 15) is 14.4 Å². The van der Waals surface area contributed by atoms with Gasteiger partial charge in [0.2, 0.25) is 0 Å². The third kappa shape index (κ3) is 3.93. The van der Waals surface area contributed by atoms with Gasteiger partial charge in [-0.15, -0.1) is 0 Å². The maximum atomic E-state index is 13.3. The van der Waals surface area contributed by atoms with Gasteiger partial charge in [0.25, 0.3) is 11.8 Å². The molecule has 0 unspecified atom stereocenters. The number of amides is 4. The van der Waals surface area contributed by atoms with Crippen LogP contribution in [-0.2, 0) is 15.0 Å². The summed E-state index contributed by atoms with van der Waals surface area (Å²) in [5, 5.41) is 2.33. The number of barbiturate groups is 1. The summed E-state index contributed by atoms with van der Waals surface area (Å²) in [6, 6.07) is 16.9. The second-order valence-corrected chi connectivity index (χ2v) is 11.0. The highest BCUT2D eigenvalue weighted by Gasteiger charge is 2.51. The quantitative estimate of drug-likeness (QED) is 0.460. The molecular formula is C30H30N2O3. The highest BCUT2D eigenvalue weighted by molar-refractivity contribution is 6.37. The molecule has 7 rings (SSSR count). The van der Waals surface area contributed by atoms with Crippen LogP contribution in [0.4, 0.5) is 10.5 Å². The van der Waals surface area contributed by atoms with Crippen LogP contribution in [0, 0.1) is 17.8 Å². The van der Waals surface area contributed by atoms with Crippen LogP contribution in [0.3, 0.4) is 0 Å². The van der Waals surface area contributed by atoms with Gasteiger partial charge in [-0.25, -0.2) is 9.69 Å². The SMILES string of the molecule is CC(=C\c1ccccc1)/C=C1\C(=O)NC(=O)N(c2ccc(C34CC5CC(CC(C5)C3)C4)cc2)C1=O. The molecule has 35 heavy (non-hydrogen) atoms. The molecule has 1 aliphatic heterocycles. The van der Waals surface area contributed by atoms with Gasteiger partial charge in [-0.1, -0.05) is 48.5 Å². The lowest BCUT2D eigenvalue weighted by molar-refractivity contribution is -0.122. The van der Waals surface area contributed by atoms with E-state index >= 15 is 0 Å². The number of anilines is 1. The minimum absolute atomic E-state index is 0.0422. The second-order valence-electron chi connectivity index (χ2n) is 11.0. The first-order valence-corrected chi connectivity index (χ1v) is 12.7. The minimum atomic E-state index is -0.704. The van der Waals surface area contributed by atoms with Crippen molar-refractivity contribution in [3.63, 3.8) is 0 Å². The predicted octanol–water partition coefficient (Wildman–Crippen LogP) is 5.77. The average molecular weight is 467 g/mol. The number of nitrogens with one attached hydrogen (secondary N) is 1. The summed E-state index contributed by atoms with van der Waals surface area (Å²) in [4.78, 5) is 39.6. The highest BCUT2D eigenvalue weighted by Crippen LogP contribution is 2.60. The van der Waals surface area contributed by atoms with Gasteiger partial charge in [0, 0.05) is 0 Å². The smallest absolute Gasteiger partial charge is 0.273 e. The molecule has 0 atom stereocenters. The number of urea groups is 1. The Morgan fingerprint density at radius 2 is 1.49 bits per heavy atom. The average Bonchev–Trinajstić information content (AvgIpc) is 2.82. The van der Waals surface area contributed by atoms with Gasteiger partial charge in [0.1, 0.15) is 5.57 Å². The molecule has 5 aliphatic rings. The van der Waals surface area contributed by atoms with Gasteiger partial charge in [-0.2, -0.15) is 0 Å². The fourth-order valence-electron chi connectivity index (χ4n) is 7.40. The Labute approximate surface area is 205 Å². The molecule has 2 aromatic carbocycles. The summed E-state index contributed by atoms with van der Waals surface area (Å²) in [6.07, 6.45) is 11.4. The zero-order chi connectivity index (χ0) is 24.2. The van der Waals surface area contributed by atoms with Crippen LogP contribution in [0.15, 0.2) is 71.8 Å². The first kappa shape index (κ1) is 22.0. The third-order valence-corrected chi connectivity index (χ3v) is 8.44. The maximum absolute atomic E-state index is 13.3. The standard InChI is InChI=1S/C30H30N2O3/c1-19(11-20-5-3-2-4-6-20)12-26-27(33)31-29(35)32(28(26)34)25-9-7-24(8-10-25)30-16-21-13-22(17-30)15-23(14-21)18-30/h2-12,21-23H,13-18H2,1H3,(H,31,33,35)/b19-11+,26-12+. The van der Waals surface area contributed by atoms with Gasteiger partial charge >= 0.3 is 6.03 Å². The molecule has 5 nitrogen and oxygen atoms in total. The van der Waals surface area contributed by atoms with Gasteiger partial charge in [-0.3, -0.25) is 14.9 Å².